The summed E-state index contributed by atoms with van der Waals surface area (Å²) in [5.41, 5.74) is 5.31. The molecule has 0 atom stereocenters. The van der Waals surface area contributed by atoms with Crippen molar-refractivity contribution >= 4 is 5.91 Å². The summed E-state index contributed by atoms with van der Waals surface area (Å²) in [4.78, 5) is 15.1. The minimum atomic E-state index is 0.129. The first-order valence-corrected chi connectivity index (χ1v) is 9.17. The number of H-pyrrole nitrogens is 1. The van der Waals surface area contributed by atoms with Crippen LogP contribution < -0.4 is 0 Å². The number of nitrogens with one attached hydrogen (secondary N) is 1. The van der Waals surface area contributed by atoms with Crippen molar-refractivity contribution in [3.63, 3.8) is 0 Å². The summed E-state index contributed by atoms with van der Waals surface area (Å²) in [6.45, 7) is 3.66. The number of aromatic amines is 1. The Bertz CT molecular complexity index is 893. The van der Waals surface area contributed by atoms with E-state index in [2.05, 4.69) is 29.3 Å². The monoisotopic (exact) mass is 345 g/mol. The van der Waals surface area contributed by atoms with Crippen LogP contribution in [0.5, 0.6) is 0 Å². The van der Waals surface area contributed by atoms with Crippen molar-refractivity contribution in [2.45, 2.75) is 25.7 Å². The summed E-state index contributed by atoms with van der Waals surface area (Å²) in [6.07, 6.45) is 3.83. The molecule has 1 saturated heterocycles. The van der Waals surface area contributed by atoms with Crippen LogP contribution in [0, 0.1) is 6.92 Å². The van der Waals surface area contributed by atoms with Crippen molar-refractivity contribution in [1.82, 2.24) is 15.1 Å². The van der Waals surface area contributed by atoms with E-state index in [0.717, 1.165) is 42.6 Å². The van der Waals surface area contributed by atoms with Gasteiger partial charge in [-0.15, -0.1) is 0 Å². The normalized spacial score (nSPS) is 15.2. The van der Waals surface area contributed by atoms with E-state index in [4.69, 9.17) is 0 Å². The van der Waals surface area contributed by atoms with Gasteiger partial charge in [-0.1, -0.05) is 48.5 Å². The first-order chi connectivity index (χ1) is 12.7. The lowest BCUT2D eigenvalue weighted by atomic mass is 9.91. The topological polar surface area (TPSA) is 49.0 Å². The molecule has 0 unspecified atom stereocenters. The zero-order chi connectivity index (χ0) is 17.9. The molecule has 0 bridgehead atoms. The van der Waals surface area contributed by atoms with Gasteiger partial charge in [-0.05, 0) is 42.5 Å². The Morgan fingerprint density at radius 3 is 2.42 bits per heavy atom. The Morgan fingerprint density at radius 1 is 1.04 bits per heavy atom. The Morgan fingerprint density at radius 2 is 1.73 bits per heavy atom. The number of carbonyl (C=O) groups is 1. The second kappa shape index (κ2) is 7.16. The maximum Gasteiger partial charge on any atom is 0.254 e. The number of carbonyl (C=O) groups excluding carboxylic acids is 1. The summed E-state index contributed by atoms with van der Waals surface area (Å²) in [5.74, 6) is 0.593. The van der Waals surface area contributed by atoms with E-state index in [0.29, 0.717) is 5.92 Å². The second-order valence-electron chi connectivity index (χ2n) is 6.94. The molecule has 2 heterocycles. The van der Waals surface area contributed by atoms with Crippen LogP contribution in [0.15, 0.2) is 60.8 Å². The van der Waals surface area contributed by atoms with Gasteiger partial charge in [-0.25, -0.2) is 0 Å². The Hall–Kier alpha value is -2.88. The number of nitrogens with zero attached hydrogens (tertiary/aromatic N) is 2. The third kappa shape index (κ3) is 3.15. The second-order valence-corrected chi connectivity index (χ2v) is 6.94. The fourth-order valence-corrected chi connectivity index (χ4v) is 3.85. The van der Waals surface area contributed by atoms with Crippen LogP contribution in [0.3, 0.4) is 0 Å². The van der Waals surface area contributed by atoms with Gasteiger partial charge in [-0.3, -0.25) is 9.89 Å². The molecule has 1 aliphatic rings. The quantitative estimate of drug-likeness (QED) is 0.764. The molecule has 1 amide bonds. The van der Waals surface area contributed by atoms with Crippen LogP contribution in [0.4, 0.5) is 0 Å². The lowest BCUT2D eigenvalue weighted by molar-refractivity contribution is 0.0713. The van der Waals surface area contributed by atoms with E-state index in [1.807, 2.05) is 53.6 Å². The van der Waals surface area contributed by atoms with Crippen LogP contribution in [0.25, 0.3) is 11.1 Å². The number of aryl methyl sites for hydroxylation is 1. The van der Waals surface area contributed by atoms with Crippen LogP contribution in [0.2, 0.25) is 0 Å². The van der Waals surface area contributed by atoms with E-state index < -0.39 is 0 Å². The van der Waals surface area contributed by atoms with Gasteiger partial charge in [0, 0.05) is 30.3 Å². The van der Waals surface area contributed by atoms with Crippen molar-refractivity contribution in [3.8, 4) is 11.1 Å². The molecule has 132 valence electrons. The highest BCUT2D eigenvalue weighted by Gasteiger charge is 2.27. The van der Waals surface area contributed by atoms with E-state index in [-0.39, 0.29) is 5.91 Å². The lowest BCUT2D eigenvalue weighted by Gasteiger charge is -2.32. The van der Waals surface area contributed by atoms with Crippen molar-refractivity contribution in [1.29, 1.82) is 0 Å². The van der Waals surface area contributed by atoms with Gasteiger partial charge in [0.05, 0.1) is 6.20 Å². The Balaban J connectivity index is 1.52. The number of hydrogen-bond donors (Lipinski definition) is 1. The molecular weight excluding hydrogens is 322 g/mol. The molecular formula is C22H23N3O. The molecule has 2 aromatic carbocycles. The standard InChI is InChI=1S/C22H23N3O/c1-16-15-23-24-21(16)18-11-13-25(14-12-18)22(26)20-10-6-5-9-19(20)17-7-3-2-4-8-17/h2-10,15,18H,11-14H2,1H3,(H,23,24). The molecule has 0 aliphatic carbocycles. The summed E-state index contributed by atoms with van der Waals surface area (Å²) in [5, 5.41) is 7.27. The average Bonchev–Trinajstić information content (AvgIpc) is 3.14. The summed E-state index contributed by atoms with van der Waals surface area (Å²) in [6, 6.07) is 18.0. The molecule has 4 nitrogen and oxygen atoms in total. The average molecular weight is 345 g/mol. The third-order valence-corrected chi connectivity index (χ3v) is 5.30. The summed E-state index contributed by atoms with van der Waals surface area (Å²) < 4.78 is 0. The molecule has 26 heavy (non-hydrogen) atoms. The molecule has 1 N–H and O–H groups in total. The highest BCUT2D eigenvalue weighted by Crippen LogP contribution is 2.30. The smallest absolute Gasteiger partial charge is 0.254 e. The number of likely N-dealkylation sites (tertiary alicyclic amines) is 1. The number of rotatable bonds is 3. The van der Waals surface area contributed by atoms with E-state index in [1.165, 1.54) is 11.3 Å². The fourth-order valence-electron chi connectivity index (χ4n) is 3.85. The van der Waals surface area contributed by atoms with Crippen molar-refractivity contribution in [2.75, 3.05) is 13.1 Å². The minimum absolute atomic E-state index is 0.129. The van der Waals surface area contributed by atoms with Crippen molar-refractivity contribution < 1.29 is 4.79 Å². The summed E-state index contributed by atoms with van der Waals surface area (Å²) in [7, 11) is 0. The minimum Gasteiger partial charge on any atom is -0.339 e. The highest BCUT2D eigenvalue weighted by molar-refractivity contribution is 6.00. The van der Waals surface area contributed by atoms with E-state index in [9.17, 15) is 4.79 Å². The number of amides is 1. The van der Waals surface area contributed by atoms with E-state index in [1.54, 1.807) is 0 Å². The predicted octanol–water partition coefficient (Wildman–Crippen LogP) is 4.40. The first-order valence-electron chi connectivity index (χ1n) is 9.17. The molecule has 0 spiro atoms. The molecule has 4 heteroatoms. The maximum atomic E-state index is 13.2. The highest BCUT2D eigenvalue weighted by atomic mass is 16.2. The third-order valence-electron chi connectivity index (χ3n) is 5.30. The largest absolute Gasteiger partial charge is 0.339 e. The van der Waals surface area contributed by atoms with Crippen molar-refractivity contribution in [2.24, 2.45) is 0 Å². The van der Waals surface area contributed by atoms with Crippen LogP contribution in [-0.4, -0.2) is 34.1 Å². The van der Waals surface area contributed by atoms with Crippen molar-refractivity contribution in [3.05, 3.63) is 77.6 Å². The van der Waals surface area contributed by atoms with Gasteiger partial charge in [0.15, 0.2) is 0 Å². The van der Waals surface area contributed by atoms with E-state index >= 15 is 0 Å². The predicted molar refractivity (Wildman–Crippen MR) is 103 cm³/mol. The fraction of sp³-hybridized carbons (Fsp3) is 0.273. The zero-order valence-corrected chi connectivity index (χ0v) is 15.0. The molecule has 1 aromatic heterocycles. The van der Waals surface area contributed by atoms with Gasteiger partial charge >= 0.3 is 0 Å². The van der Waals surface area contributed by atoms with Gasteiger partial charge in [0.25, 0.3) is 5.91 Å². The number of hydrogen-bond acceptors (Lipinski definition) is 2. The number of aromatic nitrogens is 2. The zero-order valence-electron chi connectivity index (χ0n) is 15.0. The lowest BCUT2D eigenvalue weighted by Crippen LogP contribution is -2.38. The SMILES string of the molecule is Cc1cn[nH]c1C1CCN(C(=O)c2ccccc2-c2ccccc2)CC1. The van der Waals surface area contributed by atoms with Gasteiger partial charge < -0.3 is 4.90 Å². The maximum absolute atomic E-state index is 13.2. The number of piperidine rings is 1. The molecule has 3 aromatic rings. The number of benzene rings is 2. The Labute approximate surface area is 153 Å². The van der Waals surface area contributed by atoms with Crippen LogP contribution >= 0.6 is 0 Å². The van der Waals surface area contributed by atoms with Gasteiger partial charge in [-0.2, -0.15) is 5.10 Å². The molecule has 4 rings (SSSR count). The molecule has 1 fully saturated rings. The molecule has 1 aliphatic heterocycles. The van der Waals surface area contributed by atoms with Crippen LogP contribution in [0.1, 0.15) is 40.4 Å². The van der Waals surface area contributed by atoms with Gasteiger partial charge in [0.2, 0.25) is 0 Å². The Kier molecular flexibility index (Phi) is 4.57. The summed E-state index contributed by atoms with van der Waals surface area (Å²) >= 11 is 0. The first kappa shape index (κ1) is 16.6. The molecule has 0 radical (unpaired) electrons. The van der Waals surface area contributed by atoms with Gasteiger partial charge in [0.1, 0.15) is 0 Å². The van der Waals surface area contributed by atoms with Crippen LogP contribution in [-0.2, 0) is 0 Å². The molecule has 0 saturated carbocycles.